The van der Waals surface area contributed by atoms with Gasteiger partial charge in [-0.05, 0) is 60.7 Å². The topological polar surface area (TPSA) is 71.9 Å². The summed E-state index contributed by atoms with van der Waals surface area (Å²) in [6.07, 6.45) is 3.98. The van der Waals surface area contributed by atoms with Gasteiger partial charge < -0.3 is 9.84 Å². The highest BCUT2D eigenvalue weighted by atomic mass is 35.5. The quantitative estimate of drug-likeness (QED) is 0.419. The normalized spacial score (nSPS) is 22.5. The maximum atomic E-state index is 13.7. The summed E-state index contributed by atoms with van der Waals surface area (Å²) in [6, 6.07) is 16.6. The highest BCUT2D eigenvalue weighted by Gasteiger charge is 2.57. The first-order valence-electron chi connectivity index (χ1n) is 12.1. The zero-order valence-electron chi connectivity index (χ0n) is 20.0. The van der Waals surface area contributed by atoms with Crippen LogP contribution in [-0.2, 0) is 21.5 Å². The van der Waals surface area contributed by atoms with Gasteiger partial charge in [-0.2, -0.15) is 0 Å². The van der Waals surface area contributed by atoms with Crippen LogP contribution in [-0.4, -0.2) is 47.0 Å². The molecule has 8 heteroatoms. The molecular weight excluding hydrogens is 499 g/mol. The van der Waals surface area contributed by atoms with Crippen LogP contribution in [0.15, 0.2) is 60.8 Å². The monoisotopic (exact) mass is 526 g/mol. The van der Waals surface area contributed by atoms with Gasteiger partial charge in [0.25, 0.3) is 5.91 Å². The van der Waals surface area contributed by atoms with Crippen LogP contribution < -0.4 is 0 Å². The van der Waals surface area contributed by atoms with E-state index in [1.807, 2.05) is 42.5 Å². The van der Waals surface area contributed by atoms with Gasteiger partial charge >= 0.3 is 0 Å². The summed E-state index contributed by atoms with van der Waals surface area (Å²) < 4.78 is 5.98. The molecule has 6 nitrogen and oxygen atoms in total. The number of ether oxygens (including phenoxy) is 1. The van der Waals surface area contributed by atoms with E-state index in [4.69, 9.17) is 32.8 Å². The number of aliphatic hydroxyl groups is 1. The van der Waals surface area contributed by atoms with Crippen LogP contribution in [0.2, 0.25) is 10.0 Å². The molecule has 2 aromatic carbocycles. The van der Waals surface area contributed by atoms with E-state index in [1.165, 1.54) is 12.2 Å². The first-order valence-corrected chi connectivity index (χ1v) is 12.9. The van der Waals surface area contributed by atoms with Crippen LogP contribution in [0.3, 0.4) is 0 Å². The van der Waals surface area contributed by atoms with Gasteiger partial charge in [0.05, 0.1) is 24.3 Å². The molecule has 1 fully saturated rings. The molecule has 0 saturated carbocycles. The third-order valence-corrected chi connectivity index (χ3v) is 7.64. The molecule has 0 bridgehead atoms. The lowest BCUT2D eigenvalue weighted by Gasteiger charge is -2.43. The number of rotatable bonds is 7. The summed E-state index contributed by atoms with van der Waals surface area (Å²) in [6.45, 7) is 0.669. The van der Waals surface area contributed by atoms with Crippen LogP contribution in [0, 0.1) is 0 Å². The number of carbonyl (C=O) groups excluding carboxylic acids is 1. The van der Waals surface area contributed by atoms with Gasteiger partial charge in [-0.15, -0.1) is 0 Å². The fourth-order valence-corrected chi connectivity index (χ4v) is 5.75. The van der Waals surface area contributed by atoms with E-state index in [2.05, 4.69) is 4.98 Å². The Morgan fingerprint density at radius 1 is 1.11 bits per heavy atom. The van der Waals surface area contributed by atoms with Gasteiger partial charge in [-0.25, -0.2) is 5.06 Å². The molecule has 188 valence electrons. The lowest BCUT2D eigenvalue weighted by molar-refractivity contribution is -0.198. The predicted octanol–water partition coefficient (Wildman–Crippen LogP) is 5.83. The van der Waals surface area contributed by atoms with Gasteiger partial charge in [0.1, 0.15) is 5.54 Å². The van der Waals surface area contributed by atoms with Gasteiger partial charge in [0.15, 0.2) is 0 Å². The van der Waals surface area contributed by atoms with Crippen molar-refractivity contribution in [3.8, 4) is 11.1 Å². The summed E-state index contributed by atoms with van der Waals surface area (Å²) >= 11 is 12.3. The molecule has 1 saturated heterocycles. The molecule has 36 heavy (non-hydrogen) atoms. The molecular formula is C28H28Cl2N2O4. The minimum absolute atomic E-state index is 0.107. The molecule has 0 spiro atoms. The lowest BCUT2D eigenvalue weighted by atomic mass is 9.75. The van der Waals surface area contributed by atoms with Crippen molar-refractivity contribution in [2.45, 2.75) is 49.9 Å². The number of nitrogens with zero attached hydrogens (tertiary/aromatic N) is 2. The summed E-state index contributed by atoms with van der Waals surface area (Å²) in [5.74, 6) is -0.305. The second kappa shape index (κ2) is 10.5. The van der Waals surface area contributed by atoms with E-state index in [9.17, 15) is 9.90 Å². The fourth-order valence-electron chi connectivity index (χ4n) is 5.51. The maximum absolute atomic E-state index is 13.7. The van der Waals surface area contributed by atoms with Gasteiger partial charge in [-0.1, -0.05) is 47.5 Å². The Labute approximate surface area is 220 Å². The number of halogens is 2. The Kier molecular flexibility index (Phi) is 7.33. The van der Waals surface area contributed by atoms with Crippen molar-refractivity contribution in [2.24, 2.45) is 0 Å². The number of aliphatic hydroxyl groups excluding tert-OH is 1. The number of amides is 1. The van der Waals surface area contributed by atoms with E-state index >= 15 is 0 Å². The summed E-state index contributed by atoms with van der Waals surface area (Å²) in [7, 11) is 1.46. The summed E-state index contributed by atoms with van der Waals surface area (Å²) in [5.41, 5.74) is 2.35. The number of hydrogen-bond donors (Lipinski definition) is 1. The smallest absolute Gasteiger partial charge is 0.278 e. The van der Waals surface area contributed by atoms with Crippen molar-refractivity contribution in [3.63, 3.8) is 0 Å². The van der Waals surface area contributed by atoms with Crippen molar-refractivity contribution < 1.29 is 19.5 Å². The average molecular weight is 527 g/mol. The molecule has 3 aromatic rings. The van der Waals surface area contributed by atoms with E-state index in [1.54, 1.807) is 18.3 Å². The molecule has 1 N–H and O–H groups in total. The second-order valence-electron chi connectivity index (χ2n) is 9.33. The molecule has 1 amide bonds. The number of hydrogen-bond acceptors (Lipinski definition) is 5. The number of pyridine rings is 1. The second-order valence-corrected chi connectivity index (χ2v) is 10.2. The number of fused-ring (bicyclic) bond motifs is 1. The van der Waals surface area contributed by atoms with Crippen molar-refractivity contribution in [2.75, 3.05) is 13.7 Å². The number of carbonyl (C=O) groups is 1. The van der Waals surface area contributed by atoms with Crippen LogP contribution >= 0.6 is 23.2 Å². The van der Waals surface area contributed by atoms with E-state index < -0.39 is 11.6 Å². The number of hydroxylamine groups is 2. The van der Waals surface area contributed by atoms with Crippen LogP contribution in [0.5, 0.6) is 0 Å². The van der Waals surface area contributed by atoms with Crippen molar-refractivity contribution in [1.29, 1.82) is 0 Å². The molecule has 2 aliphatic rings. The molecule has 3 atom stereocenters. The Hall–Kier alpha value is -2.48. The minimum atomic E-state index is -1.24. The van der Waals surface area contributed by atoms with Gasteiger partial charge in [0.2, 0.25) is 0 Å². The summed E-state index contributed by atoms with van der Waals surface area (Å²) in [5, 5.41) is 14.5. The van der Waals surface area contributed by atoms with Crippen molar-refractivity contribution >= 4 is 29.1 Å². The Morgan fingerprint density at radius 3 is 2.53 bits per heavy atom. The first kappa shape index (κ1) is 25.2. The first-order chi connectivity index (χ1) is 17.4. The predicted molar refractivity (Wildman–Crippen MR) is 139 cm³/mol. The molecule has 3 heterocycles. The molecule has 0 aliphatic carbocycles. The van der Waals surface area contributed by atoms with Crippen LogP contribution in [0.4, 0.5) is 0 Å². The highest BCUT2D eigenvalue weighted by Crippen LogP contribution is 2.49. The zero-order valence-corrected chi connectivity index (χ0v) is 21.5. The minimum Gasteiger partial charge on any atom is -0.390 e. The Morgan fingerprint density at radius 2 is 1.86 bits per heavy atom. The molecule has 5 rings (SSSR count). The number of aromatic nitrogens is 1. The lowest BCUT2D eigenvalue weighted by Crippen LogP contribution is -2.54. The Bertz CT molecular complexity index is 1230. The van der Waals surface area contributed by atoms with Gasteiger partial charge in [-0.3, -0.25) is 14.6 Å². The van der Waals surface area contributed by atoms with E-state index in [0.717, 1.165) is 30.4 Å². The molecule has 2 unspecified atom stereocenters. The van der Waals surface area contributed by atoms with Gasteiger partial charge in [0, 0.05) is 47.5 Å². The largest absolute Gasteiger partial charge is 0.390 e. The highest BCUT2D eigenvalue weighted by molar-refractivity contribution is 6.30. The van der Waals surface area contributed by atoms with Crippen molar-refractivity contribution in [1.82, 2.24) is 10.0 Å². The SMILES string of the molecule is CON1C(=O)c2cccc(-c3ccc(Cl)cc3)c2[C@]1(Cc1ccc(Cl)cn1)C(O)CC1CCCCO1. The van der Waals surface area contributed by atoms with Crippen LogP contribution in [0.25, 0.3) is 11.1 Å². The third kappa shape index (κ3) is 4.53. The van der Waals surface area contributed by atoms with Crippen molar-refractivity contribution in [3.05, 3.63) is 87.7 Å². The third-order valence-electron chi connectivity index (χ3n) is 7.16. The number of benzene rings is 2. The van der Waals surface area contributed by atoms with E-state index in [-0.39, 0.29) is 18.4 Å². The molecule has 2 aliphatic heterocycles. The standard InChI is InChI=1S/C28H28Cl2N2O4/c1-35-32-27(34)24-7-4-6-23(18-8-10-19(29)11-9-18)26(24)28(32,16-21-13-12-20(30)17-31-21)25(33)15-22-5-2-3-14-36-22/h4,6-13,17,22,25,33H,2-3,5,14-16H2,1H3/t22?,25?,28-/m0/s1. The van der Waals surface area contributed by atoms with Crippen LogP contribution in [0.1, 0.15) is 47.3 Å². The Balaban J connectivity index is 1.70. The zero-order chi connectivity index (χ0) is 25.3. The molecule has 1 aromatic heterocycles. The summed E-state index contributed by atoms with van der Waals surface area (Å²) in [4.78, 5) is 24.0. The molecule has 0 radical (unpaired) electrons. The van der Waals surface area contributed by atoms with E-state index in [0.29, 0.717) is 39.9 Å². The fraction of sp³-hybridized carbons (Fsp3) is 0.357. The average Bonchev–Trinajstić information content (AvgIpc) is 3.14. The maximum Gasteiger partial charge on any atom is 0.278 e.